The summed E-state index contributed by atoms with van der Waals surface area (Å²) >= 11 is 0. The predicted octanol–water partition coefficient (Wildman–Crippen LogP) is -2.03. The molecule has 0 aliphatic rings. The molecular weight excluding hydrogens is 603 g/mol. The van der Waals surface area contributed by atoms with Gasteiger partial charge in [0.1, 0.15) is 0 Å². The maximum atomic E-state index is 8.36. The monoisotopic (exact) mass is 604 g/mol. The molecule has 203 valence electrons. The summed E-state index contributed by atoms with van der Waals surface area (Å²) in [7, 11) is 0. The van der Waals surface area contributed by atoms with Gasteiger partial charge in [-0.15, -0.1) is 10.1 Å². The summed E-state index contributed by atoms with van der Waals surface area (Å²) in [5.41, 5.74) is 0. The first kappa shape index (κ1) is 63.0. The minimum absolute atomic E-state index is 0. The fourth-order valence-corrected chi connectivity index (χ4v) is 0. The van der Waals surface area contributed by atoms with Crippen molar-refractivity contribution in [3.8, 4) is 0 Å². The summed E-state index contributed by atoms with van der Waals surface area (Å²) in [4.78, 5) is 66.1. The minimum atomic E-state index is -1.75. The quantitative estimate of drug-likeness (QED) is 0.177. The number of hydrogen-bond donors (Lipinski definition) is 1. The van der Waals surface area contributed by atoms with Crippen molar-refractivity contribution in [3.63, 3.8) is 0 Å². The molecule has 0 aliphatic heterocycles. The molecular formula is HFeN8O24V-5. The Labute approximate surface area is 199 Å². The second kappa shape index (κ2) is 56.5. The van der Waals surface area contributed by atoms with E-state index in [1.807, 2.05) is 0 Å². The Kier molecular flexibility index (Phi) is 105. The Hall–Kier alpha value is -5.30. The number of nitrogens with zero attached hydrogens (tertiary/aromatic N) is 8. The first-order valence-corrected chi connectivity index (χ1v) is 4.40. The summed E-state index contributed by atoms with van der Waals surface area (Å²) in [6.07, 6.45) is 0. The van der Waals surface area contributed by atoms with Gasteiger partial charge in [0.2, 0.25) is 0 Å². The summed E-state index contributed by atoms with van der Waals surface area (Å²) in [5.74, 6) is 0. The molecule has 0 rings (SSSR count). The maximum absolute atomic E-state index is 8.36. The van der Waals surface area contributed by atoms with E-state index in [0.717, 1.165) is 0 Å². The van der Waals surface area contributed by atoms with E-state index in [9.17, 15) is 0 Å². The molecule has 0 amide bonds. The first-order chi connectivity index (χ1) is 13.9. The third-order valence-electron chi connectivity index (χ3n) is 0. The van der Waals surface area contributed by atoms with E-state index < -0.39 is 40.7 Å². The van der Waals surface area contributed by atoms with E-state index in [-0.39, 0.29) is 35.6 Å². The Morgan fingerprint density at radius 2 is 0.324 bits per heavy atom. The third-order valence-corrected chi connectivity index (χ3v) is 0. The second-order valence-electron chi connectivity index (χ2n) is 1.80. The van der Waals surface area contributed by atoms with Gasteiger partial charge in [0, 0.05) is 18.6 Å². The smallest absolute Gasteiger partial charge is 0.356 e. The molecule has 0 spiro atoms. The Balaban J connectivity index is -0.0000000240. The van der Waals surface area contributed by atoms with Crippen LogP contribution in [0.1, 0.15) is 0 Å². The molecule has 0 aromatic carbocycles. The van der Waals surface area contributed by atoms with Crippen LogP contribution < -0.4 is 0 Å². The molecule has 0 saturated heterocycles. The minimum Gasteiger partial charge on any atom is -0.356 e. The van der Waals surface area contributed by atoms with Crippen LogP contribution in [0.15, 0.2) is 0 Å². The van der Waals surface area contributed by atoms with Crippen LogP contribution in [0.3, 0.4) is 0 Å². The van der Waals surface area contributed by atoms with Gasteiger partial charge in [0.25, 0.3) is 5.09 Å². The zero-order chi connectivity index (χ0) is 28.6. The van der Waals surface area contributed by atoms with Crippen LogP contribution in [0.5, 0.6) is 0 Å². The average Bonchev–Trinajstić information content (AvgIpc) is 2.30. The Morgan fingerprint density at radius 1 is 0.324 bits per heavy atom. The fraction of sp³-hybridized carbons (Fsp3) is 0. The van der Waals surface area contributed by atoms with E-state index in [1.165, 1.54) is 0 Å². The SMILES string of the molecule is O=[N+]([O-])O.O=[N+]([O-])[O-].O=[N+]([O-])[O-].O=[N+]([O-])[O-].O=[N+]([O-])[O-].O=[N+]([O-])[O-].O=[N+]([O-])[O-].O=[N+]([O-])[O-].[Fe+2].[V]. The van der Waals surface area contributed by atoms with Gasteiger partial charge in [-0.1, -0.05) is 0 Å². The molecule has 0 aromatic heterocycles. The molecule has 0 fully saturated rings. The predicted molar refractivity (Wildman–Crippen MR) is 81.3 cm³/mol. The molecule has 0 aromatic rings. The summed E-state index contributed by atoms with van der Waals surface area (Å²) in [5, 5.41) is 117. The van der Waals surface area contributed by atoms with Gasteiger partial charge in [-0.05, 0) is 0 Å². The van der Waals surface area contributed by atoms with E-state index in [0.29, 0.717) is 0 Å². The fourth-order valence-electron chi connectivity index (χ4n) is 0. The first-order valence-electron chi connectivity index (χ1n) is 4.40. The zero-order valence-electron chi connectivity index (χ0n) is 14.2. The molecule has 0 heterocycles. The van der Waals surface area contributed by atoms with Crippen LogP contribution in [-0.2, 0) is 35.6 Å². The van der Waals surface area contributed by atoms with Crippen molar-refractivity contribution in [1.82, 2.24) is 0 Å². The van der Waals surface area contributed by atoms with Gasteiger partial charge in [0.15, 0.2) is 0 Å². The average molecular weight is 604 g/mol. The summed E-state index contributed by atoms with van der Waals surface area (Å²) < 4.78 is 0. The zero-order valence-corrected chi connectivity index (χ0v) is 16.7. The van der Waals surface area contributed by atoms with Crippen LogP contribution in [0, 0.1) is 117 Å². The second-order valence-corrected chi connectivity index (χ2v) is 1.80. The van der Waals surface area contributed by atoms with E-state index in [2.05, 4.69) is 0 Å². The maximum Gasteiger partial charge on any atom is 2.00 e. The Morgan fingerprint density at radius 3 is 0.324 bits per heavy atom. The van der Waals surface area contributed by atoms with Crippen molar-refractivity contribution in [2.24, 2.45) is 0 Å². The standard InChI is InChI=1S/Fe.HNO3.7NO3.V/c;8*2-1(3)4;/h;(H,2,3,4);;;;;;;;/q+2;;7*-1;. The van der Waals surface area contributed by atoms with Crippen molar-refractivity contribution in [2.45, 2.75) is 0 Å². The molecule has 0 bridgehead atoms. The van der Waals surface area contributed by atoms with Crippen molar-refractivity contribution in [1.29, 1.82) is 0 Å². The van der Waals surface area contributed by atoms with Crippen molar-refractivity contribution >= 4 is 0 Å². The molecule has 1 N–H and O–H groups in total. The van der Waals surface area contributed by atoms with Crippen LogP contribution >= 0.6 is 0 Å². The van der Waals surface area contributed by atoms with Gasteiger partial charge >= 0.3 is 17.1 Å². The van der Waals surface area contributed by atoms with Crippen LogP contribution in [-0.4, -0.2) is 45.9 Å². The van der Waals surface area contributed by atoms with Gasteiger partial charge in [-0.3, -0.25) is 0 Å². The summed E-state index contributed by atoms with van der Waals surface area (Å²) in [6, 6.07) is 0. The van der Waals surface area contributed by atoms with E-state index in [1.54, 1.807) is 0 Å². The molecule has 0 saturated carbocycles. The molecule has 32 nitrogen and oxygen atoms in total. The van der Waals surface area contributed by atoms with E-state index >= 15 is 0 Å². The van der Waals surface area contributed by atoms with Gasteiger partial charge < -0.3 is 112 Å². The molecule has 34 heteroatoms. The van der Waals surface area contributed by atoms with Crippen LogP contribution in [0.4, 0.5) is 0 Å². The number of rotatable bonds is 0. The summed E-state index contributed by atoms with van der Waals surface area (Å²) in [6.45, 7) is 0. The number of hydrogen-bond acceptors (Lipinski definition) is 23. The van der Waals surface area contributed by atoms with Crippen LogP contribution in [0.25, 0.3) is 0 Å². The van der Waals surface area contributed by atoms with Crippen molar-refractivity contribution in [3.05, 3.63) is 117 Å². The van der Waals surface area contributed by atoms with Crippen molar-refractivity contribution < 1.29 is 81.5 Å². The van der Waals surface area contributed by atoms with Gasteiger partial charge in [-0.2, -0.15) is 0 Å². The topological polar surface area (TPSA) is 527 Å². The normalized spacial score (nSPS) is 5.65. The molecule has 1 radical (unpaired) electrons. The third kappa shape index (κ3) is 629. The largest absolute Gasteiger partial charge is 2.00 e. The molecule has 34 heavy (non-hydrogen) atoms. The van der Waals surface area contributed by atoms with Gasteiger partial charge in [-0.25, -0.2) is 0 Å². The molecule has 0 aliphatic carbocycles. The molecule has 0 unspecified atom stereocenters. The molecule has 0 atom stereocenters. The van der Waals surface area contributed by atoms with Crippen LogP contribution in [0.2, 0.25) is 0 Å². The van der Waals surface area contributed by atoms with Crippen molar-refractivity contribution in [2.75, 3.05) is 0 Å². The van der Waals surface area contributed by atoms with Gasteiger partial charge in [0.05, 0.1) is 35.6 Å². The Bertz CT molecular complexity index is 367. The van der Waals surface area contributed by atoms with E-state index in [4.69, 9.17) is 123 Å².